The van der Waals surface area contributed by atoms with Crippen molar-refractivity contribution < 1.29 is 9.59 Å². The van der Waals surface area contributed by atoms with E-state index in [-0.39, 0.29) is 24.3 Å². The fourth-order valence-corrected chi connectivity index (χ4v) is 3.62. The number of carbonyl (C=O) groups is 2. The first-order chi connectivity index (χ1) is 13.5. The van der Waals surface area contributed by atoms with Crippen LogP contribution in [0.4, 0.5) is 5.69 Å². The van der Waals surface area contributed by atoms with Gasteiger partial charge in [-0.05, 0) is 42.0 Å². The first-order valence-corrected chi connectivity index (χ1v) is 9.78. The topological polar surface area (TPSA) is 97.1 Å². The Morgan fingerprint density at radius 1 is 1.07 bits per heavy atom. The number of anilines is 1. The maximum Gasteiger partial charge on any atom is 0.255 e. The van der Waals surface area contributed by atoms with Crippen molar-refractivity contribution >= 4 is 40.4 Å². The summed E-state index contributed by atoms with van der Waals surface area (Å²) in [7, 11) is 0. The smallest absolute Gasteiger partial charge is 0.255 e. The number of benzene rings is 1. The molecule has 28 heavy (non-hydrogen) atoms. The van der Waals surface area contributed by atoms with Crippen LogP contribution in [0, 0.1) is 0 Å². The number of halogens is 1. The summed E-state index contributed by atoms with van der Waals surface area (Å²) in [6.45, 7) is 0.306. The Morgan fingerprint density at radius 2 is 1.79 bits per heavy atom. The molecule has 0 fully saturated rings. The lowest BCUT2D eigenvalue weighted by atomic mass is 10.0. The van der Waals surface area contributed by atoms with E-state index >= 15 is 0 Å². The predicted octanol–water partition coefficient (Wildman–Crippen LogP) is 3.41. The zero-order valence-corrected chi connectivity index (χ0v) is 16.5. The van der Waals surface area contributed by atoms with E-state index in [1.807, 2.05) is 6.07 Å². The summed E-state index contributed by atoms with van der Waals surface area (Å²) >= 11 is 7.25. The van der Waals surface area contributed by atoms with Crippen LogP contribution in [0.25, 0.3) is 0 Å². The van der Waals surface area contributed by atoms with E-state index in [2.05, 4.69) is 15.6 Å². The fourth-order valence-electron chi connectivity index (χ4n) is 2.53. The van der Waals surface area contributed by atoms with Gasteiger partial charge < -0.3 is 16.4 Å². The van der Waals surface area contributed by atoms with E-state index < -0.39 is 0 Å². The number of nitrogens with zero attached hydrogens (tertiary/aromatic N) is 1. The van der Waals surface area contributed by atoms with Gasteiger partial charge in [-0.3, -0.25) is 14.6 Å². The number of pyridine rings is 1. The maximum atomic E-state index is 12.3. The summed E-state index contributed by atoms with van der Waals surface area (Å²) in [4.78, 5) is 29.1. The molecule has 2 heterocycles. The van der Waals surface area contributed by atoms with Gasteiger partial charge in [0.15, 0.2) is 0 Å². The highest BCUT2D eigenvalue weighted by atomic mass is 35.5. The number of nitrogens with one attached hydrogen (secondary N) is 2. The third-order valence-corrected chi connectivity index (χ3v) is 5.25. The molecule has 0 aliphatic heterocycles. The molecule has 1 unspecified atom stereocenters. The largest absolute Gasteiger partial charge is 0.354 e. The van der Waals surface area contributed by atoms with Crippen LogP contribution in [0.15, 0.2) is 60.9 Å². The molecule has 144 valence electrons. The first-order valence-electron chi connectivity index (χ1n) is 8.59. The van der Waals surface area contributed by atoms with Gasteiger partial charge in [0.25, 0.3) is 5.91 Å². The van der Waals surface area contributed by atoms with Crippen LogP contribution in [-0.4, -0.2) is 23.3 Å². The number of hydrogen-bond acceptors (Lipinski definition) is 5. The molecule has 0 spiro atoms. The molecule has 0 aliphatic rings. The summed E-state index contributed by atoms with van der Waals surface area (Å²) in [5.74, 6) is -0.323. The summed E-state index contributed by atoms with van der Waals surface area (Å²) in [6, 6.07) is 13.7. The fraction of sp³-hybridized carbons (Fsp3) is 0.150. The minimum atomic E-state index is -0.367. The SMILES string of the molecule is NC(CNC(=O)Cc1ccc(Cl)s1)c1ccc(C(=O)Nc2ccncc2)cc1. The van der Waals surface area contributed by atoms with Crippen molar-refractivity contribution in [3.63, 3.8) is 0 Å². The molecule has 8 heteroatoms. The van der Waals surface area contributed by atoms with E-state index in [4.69, 9.17) is 17.3 Å². The predicted molar refractivity (Wildman–Crippen MR) is 112 cm³/mol. The molecule has 2 amide bonds. The van der Waals surface area contributed by atoms with Gasteiger partial charge in [-0.2, -0.15) is 0 Å². The second-order valence-electron chi connectivity index (χ2n) is 6.11. The van der Waals surface area contributed by atoms with Gasteiger partial charge in [0, 0.05) is 41.1 Å². The molecule has 0 aliphatic carbocycles. The van der Waals surface area contributed by atoms with Crippen molar-refractivity contribution in [1.82, 2.24) is 10.3 Å². The monoisotopic (exact) mass is 414 g/mol. The van der Waals surface area contributed by atoms with Crippen molar-refractivity contribution in [2.75, 3.05) is 11.9 Å². The minimum Gasteiger partial charge on any atom is -0.354 e. The lowest BCUT2D eigenvalue weighted by Crippen LogP contribution is -2.32. The maximum absolute atomic E-state index is 12.3. The number of thiophene rings is 1. The van der Waals surface area contributed by atoms with Gasteiger partial charge in [0.05, 0.1) is 10.8 Å². The van der Waals surface area contributed by atoms with Crippen molar-refractivity contribution in [2.45, 2.75) is 12.5 Å². The van der Waals surface area contributed by atoms with Crippen LogP contribution < -0.4 is 16.4 Å². The number of hydrogen-bond donors (Lipinski definition) is 3. The third kappa shape index (κ3) is 5.63. The standard InChI is InChI=1S/C20H19ClN4O2S/c21-18-6-5-16(28-18)11-19(26)24-12-17(22)13-1-3-14(4-2-13)20(27)25-15-7-9-23-10-8-15/h1-10,17H,11-12,22H2,(H,24,26)(H,23,25,27). The second-order valence-corrected chi connectivity index (χ2v) is 7.90. The average Bonchev–Trinajstić information content (AvgIpc) is 3.11. The second kappa shape index (κ2) is 9.45. The average molecular weight is 415 g/mol. The zero-order chi connectivity index (χ0) is 19.9. The van der Waals surface area contributed by atoms with Crippen LogP contribution in [0.1, 0.15) is 26.8 Å². The number of nitrogens with two attached hydrogens (primary N) is 1. The highest BCUT2D eigenvalue weighted by molar-refractivity contribution is 7.16. The van der Waals surface area contributed by atoms with Crippen LogP contribution in [0.3, 0.4) is 0 Å². The van der Waals surface area contributed by atoms with Gasteiger partial charge in [0.1, 0.15) is 0 Å². The summed E-state index contributed by atoms with van der Waals surface area (Å²) in [5.41, 5.74) is 8.18. The highest BCUT2D eigenvalue weighted by Gasteiger charge is 2.12. The van der Waals surface area contributed by atoms with E-state index in [9.17, 15) is 9.59 Å². The molecular weight excluding hydrogens is 396 g/mol. The molecule has 3 rings (SSSR count). The number of amides is 2. The molecule has 0 saturated carbocycles. The van der Waals surface area contributed by atoms with Crippen molar-refractivity contribution in [2.24, 2.45) is 5.73 Å². The van der Waals surface area contributed by atoms with Crippen LogP contribution in [-0.2, 0) is 11.2 Å². The number of carbonyl (C=O) groups excluding carboxylic acids is 2. The molecule has 4 N–H and O–H groups in total. The van der Waals surface area contributed by atoms with E-state index in [0.717, 1.165) is 10.4 Å². The van der Waals surface area contributed by atoms with E-state index in [1.165, 1.54) is 11.3 Å². The van der Waals surface area contributed by atoms with Crippen LogP contribution >= 0.6 is 22.9 Å². The summed E-state index contributed by atoms with van der Waals surface area (Å²) < 4.78 is 0.660. The first kappa shape index (κ1) is 20.0. The Balaban J connectivity index is 1.51. The lowest BCUT2D eigenvalue weighted by molar-refractivity contribution is -0.120. The Bertz CT molecular complexity index is 944. The molecule has 1 aromatic carbocycles. The molecule has 6 nitrogen and oxygen atoms in total. The molecule has 0 bridgehead atoms. The number of rotatable bonds is 7. The van der Waals surface area contributed by atoms with E-state index in [1.54, 1.807) is 54.9 Å². The van der Waals surface area contributed by atoms with E-state index in [0.29, 0.717) is 22.1 Å². The van der Waals surface area contributed by atoms with Gasteiger partial charge >= 0.3 is 0 Å². The van der Waals surface area contributed by atoms with Gasteiger partial charge in [-0.15, -0.1) is 11.3 Å². The summed E-state index contributed by atoms with van der Waals surface area (Å²) in [6.07, 6.45) is 3.50. The Hall–Kier alpha value is -2.74. The third-order valence-electron chi connectivity index (χ3n) is 4.02. The molecule has 3 aromatic rings. The summed E-state index contributed by atoms with van der Waals surface area (Å²) in [5, 5.41) is 5.62. The molecule has 2 aromatic heterocycles. The molecule has 0 saturated heterocycles. The Kier molecular flexibility index (Phi) is 6.76. The van der Waals surface area contributed by atoms with Gasteiger partial charge in [0.2, 0.25) is 5.91 Å². The van der Waals surface area contributed by atoms with Crippen molar-refractivity contribution in [3.8, 4) is 0 Å². The number of aromatic nitrogens is 1. The van der Waals surface area contributed by atoms with Gasteiger partial charge in [-0.1, -0.05) is 23.7 Å². The lowest BCUT2D eigenvalue weighted by Gasteiger charge is -2.14. The minimum absolute atomic E-state index is 0.109. The normalized spacial score (nSPS) is 11.6. The molecular formula is C20H19ClN4O2S. The highest BCUT2D eigenvalue weighted by Crippen LogP contribution is 2.21. The Morgan fingerprint density at radius 3 is 2.43 bits per heavy atom. The molecule has 0 radical (unpaired) electrons. The van der Waals surface area contributed by atoms with Crippen molar-refractivity contribution in [1.29, 1.82) is 0 Å². The van der Waals surface area contributed by atoms with Crippen LogP contribution in [0.5, 0.6) is 0 Å². The van der Waals surface area contributed by atoms with Crippen LogP contribution in [0.2, 0.25) is 4.34 Å². The van der Waals surface area contributed by atoms with Crippen molar-refractivity contribution in [3.05, 3.63) is 81.3 Å². The Labute approximate surface area is 171 Å². The van der Waals surface area contributed by atoms with Gasteiger partial charge in [-0.25, -0.2) is 0 Å². The quantitative estimate of drug-likeness (QED) is 0.551. The molecule has 1 atom stereocenters. The zero-order valence-electron chi connectivity index (χ0n) is 14.9.